The zero-order valence-electron chi connectivity index (χ0n) is 17.4. The number of rotatable bonds is 7. The highest BCUT2D eigenvalue weighted by Crippen LogP contribution is 2.22. The molecule has 5 heteroatoms. The van der Waals surface area contributed by atoms with Gasteiger partial charge in [-0.3, -0.25) is 9.78 Å². The Bertz CT molecular complexity index is 1040. The van der Waals surface area contributed by atoms with Crippen LogP contribution in [0.25, 0.3) is 10.8 Å². The van der Waals surface area contributed by atoms with Gasteiger partial charge in [0.15, 0.2) is 0 Å². The summed E-state index contributed by atoms with van der Waals surface area (Å²) in [5, 5.41) is 9.38. The first-order valence-electron chi connectivity index (χ1n) is 10.5. The van der Waals surface area contributed by atoms with Crippen LogP contribution in [0.5, 0.6) is 0 Å². The molecule has 1 amide bonds. The summed E-state index contributed by atoms with van der Waals surface area (Å²) >= 11 is 0. The van der Waals surface area contributed by atoms with Crippen molar-refractivity contribution in [2.75, 3.05) is 0 Å². The fourth-order valence-corrected chi connectivity index (χ4v) is 3.92. The van der Waals surface area contributed by atoms with Gasteiger partial charge in [0.05, 0.1) is 11.8 Å². The number of pyridine rings is 1. The summed E-state index contributed by atoms with van der Waals surface area (Å²) in [5.74, 6) is 0.235. The van der Waals surface area contributed by atoms with Gasteiger partial charge >= 0.3 is 0 Å². The van der Waals surface area contributed by atoms with Gasteiger partial charge in [-0.25, -0.2) is 0 Å². The van der Waals surface area contributed by atoms with Gasteiger partial charge in [0.2, 0.25) is 0 Å². The van der Waals surface area contributed by atoms with Crippen LogP contribution < -0.4 is 5.32 Å². The molecule has 0 fully saturated rings. The third-order valence-corrected chi connectivity index (χ3v) is 5.37. The highest BCUT2D eigenvalue weighted by atomic mass is 16.6. The van der Waals surface area contributed by atoms with Crippen molar-refractivity contribution in [3.63, 3.8) is 0 Å². The second kappa shape index (κ2) is 9.08. The van der Waals surface area contributed by atoms with Crippen LogP contribution in [0.15, 0.2) is 72.0 Å². The molecule has 0 saturated carbocycles. The van der Waals surface area contributed by atoms with Crippen molar-refractivity contribution in [3.8, 4) is 0 Å². The molecule has 0 bridgehead atoms. The first-order chi connectivity index (χ1) is 14.6. The molecule has 1 aromatic heterocycles. The molecule has 2 atom stereocenters. The van der Waals surface area contributed by atoms with Gasteiger partial charge in [-0.1, -0.05) is 73.6 Å². The lowest BCUT2D eigenvalue weighted by molar-refractivity contribution is 0.0858. The monoisotopic (exact) mass is 401 g/mol. The second-order valence-corrected chi connectivity index (χ2v) is 8.24. The maximum atomic E-state index is 13.1. The first-order valence-corrected chi connectivity index (χ1v) is 10.5. The Labute approximate surface area is 177 Å². The number of carbonyl (C=O) groups is 1. The molecule has 1 aliphatic rings. The van der Waals surface area contributed by atoms with E-state index in [1.54, 1.807) is 6.20 Å². The van der Waals surface area contributed by atoms with E-state index in [0.717, 1.165) is 35.7 Å². The third kappa shape index (κ3) is 4.67. The van der Waals surface area contributed by atoms with Crippen LogP contribution in [0.2, 0.25) is 0 Å². The molecule has 5 nitrogen and oxygen atoms in total. The minimum Gasteiger partial charge on any atom is -0.392 e. The Morgan fingerprint density at radius 2 is 1.87 bits per heavy atom. The van der Waals surface area contributed by atoms with Crippen LogP contribution in [-0.2, 0) is 11.3 Å². The van der Waals surface area contributed by atoms with E-state index in [1.165, 1.54) is 5.56 Å². The van der Waals surface area contributed by atoms with Gasteiger partial charge in [-0.05, 0) is 29.4 Å². The van der Waals surface area contributed by atoms with E-state index in [-0.39, 0.29) is 18.1 Å². The number of hydrogen-bond acceptors (Lipinski definition) is 4. The molecule has 154 valence electrons. The second-order valence-electron chi connectivity index (χ2n) is 8.24. The Morgan fingerprint density at radius 3 is 2.67 bits per heavy atom. The molecule has 2 heterocycles. The molecular weight excluding hydrogens is 374 g/mol. The van der Waals surface area contributed by atoms with Crippen LogP contribution in [0.4, 0.5) is 0 Å². The largest absolute Gasteiger partial charge is 0.392 e. The Kier molecular flexibility index (Phi) is 6.07. The molecule has 2 aromatic carbocycles. The Morgan fingerprint density at radius 1 is 1.10 bits per heavy atom. The molecule has 0 radical (unpaired) electrons. The lowest BCUT2D eigenvalue weighted by Crippen LogP contribution is -2.42. The Hall–Kier alpha value is -3.21. The van der Waals surface area contributed by atoms with Crippen LogP contribution in [-0.4, -0.2) is 28.7 Å². The van der Waals surface area contributed by atoms with E-state index in [9.17, 15) is 4.79 Å². The van der Waals surface area contributed by atoms with E-state index in [0.29, 0.717) is 11.6 Å². The number of oxime groups is 1. The SMILES string of the molecule is CC(C)C[C@H](NC(=O)c1nccc2ccccc12)C1=NOC(Cc2ccccc2)C1. The molecule has 3 aromatic rings. The number of hydrogen-bond donors (Lipinski definition) is 1. The number of nitrogens with zero attached hydrogens (tertiary/aromatic N) is 2. The molecule has 0 spiro atoms. The van der Waals surface area contributed by atoms with E-state index in [4.69, 9.17) is 4.84 Å². The average Bonchev–Trinajstić information content (AvgIpc) is 3.21. The molecule has 4 rings (SSSR count). The van der Waals surface area contributed by atoms with Gasteiger partial charge in [0.25, 0.3) is 5.91 Å². The van der Waals surface area contributed by atoms with E-state index in [1.807, 2.05) is 48.5 Å². The molecule has 1 aliphatic heterocycles. The lowest BCUT2D eigenvalue weighted by atomic mass is 9.95. The van der Waals surface area contributed by atoms with Crippen molar-refractivity contribution in [2.45, 2.75) is 45.3 Å². The summed E-state index contributed by atoms with van der Waals surface area (Å²) in [5.41, 5.74) is 2.57. The van der Waals surface area contributed by atoms with Crippen LogP contribution in [0, 0.1) is 5.92 Å². The topological polar surface area (TPSA) is 63.6 Å². The minimum atomic E-state index is -0.174. The van der Waals surface area contributed by atoms with Crippen molar-refractivity contribution < 1.29 is 9.63 Å². The summed E-state index contributed by atoms with van der Waals surface area (Å²) in [6, 6.07) is 19.8. The van der Waals surface area contributed by atoms with Crippen molar-refractivity contribution in [3.05, 3.63) is 78.1 Å². The van der Waals surface area contributed by atoms with Gasteiger partial charge in [0, 0.05) is 24.4 Å². The first kappa shape index (κ1) is 20.1. The average molecular weight is 402 g/mol. The number of carbonyl (C=O) groups excluding carboxylic acids is 1. The molecule has 30 heavy (non-hydrogen) atoms. The quantitative estimate of drug-likeness (QED) is 0.620. The number of aromatic nitrogens is 1. The van der Waals surface area contributed by atoms with Crippen LogP contribution in [0.3, 0.4) is 0 Å². The smallest absolute Gasteiger partial charge is 0.271 e. The summed E-state index contributed by atoms with van der Waals surface area (Å²) in [6.45, 7) is 4.29. The number of fused-ring (bicyclic) bond motifs is 1. The molecule has 0 saturated heterocycles. The van der Waals surface area contributed by atoms with E-state index < -0.39 is 0 Å². The summed E-state index contributed by atoms with van der Waals surface area (Å²) < 4.78 is 0. The van der Waals surface area contributed by atoms with Gasteiger partial charge < -0.3 is 10.2 Å². The summed E-state index contributed by atoms with van der Waals surface area (Å²) in [7, 11) is 0. The van der Waals surface area contributed by atoms with Crippen LogP contribution >= 0.6 is 0 Å². The molecule has 0 aliphatic carbocycles. The minimum absolute atomic E-state index is 0.00430. The molecule has 1 unspecified atom stereocenters. The standard InChI is InChI=1S/C25H27N3O2/c1-17(2)14-22(23-16-20(30-28-23)15-18-8-4-3-5-9-18)27-25(29)24-21-11-7-6-10-19(21)12-13-26-24/h3-13,17,20,22H,14-16H2,1-2H3,(H,27,29)/t20?,22-/m0/s1. The summed E-state index contributed by atoms with van der Waals surface area (Å²) in [4.78, 5) is 23.2. The predicted molar refractivity (Wildman–Crippen MR) is 120 cm³/mol. The summed E-state index contributed by atoms with van der Waals surface area (Å²) in [6.07, 6.45) is 4.01. The third-order valence-electron chi connectivity index (χ3n) is 5.37. The zero-order valence-corrected chi connectivity index (χ0v) is 17.4. The van der Waals surface area contributed by atoms with Gasteiger partial charge in [-0.15, -0.1) is 0 Å². The fraction of sp³-hybridized carbons (Fsp3) is 0.320. The maximum Gasteiger partial charge on any atom is 0.271 e. The van der Waals surface area contributed by atoms with E-state index >= 15 is 0 Å². The maximum absolute atomic E-state index is 13.1. The zero-order chi connectivity index (χ0) is 20.9. The van der Waals surface area contributed by atoms with Crippen LogP contribution in [0.1, 0.15) is 42.7 Å². The van der Waals surface area contributed by atoms with Gasteiger partial charge in [-0.2, -0.15) is 0 Å². The Balaban J connectivity index is 1.48. The highest BCUT2D eigenvalue weighted by molar-refractivity contribution is 6.07. The van der Waals surface area contributed by atoms with Crippen molar-refractivity contribution in [2.24, 2.45) is 11.1 Å². The lowest BCUT2D eigenvalue weighted by Gasteiger charge is -2.20. The van der Waals surface area contributed by atoms with Crippen molar-refractivity contribution in [1.82, 2.24) is 10.3 Å². The normalized spacial score (nSPS) is 16.9. The van der Waals surface area contributed by atoms with E-state index in [2.05, 4.69) is 41.4 Å². The fourth-order valence-electron chi connectivity index (χ4n) is 3.92. The number of nitrogens with one attached hydrogen (secondary N) is 1. The predicted octanol–water partition coefficient (Wildman–Crippen LogP) is 4.77. The molecular formula is C25H27N3O2. The molecule has 1 N–H and O–H groups in total. The number of amides is 1. The van der Waals surface area contributed by atoms with Crippen molar-refractivity contribution in [1.29, 1.82) is 0 Å². The van der Waals surface area contributed by atoms with Crippen molar-refractivity contribution >= 4 is 22.4 Å². The highest BCUT2D eigenvalue weighted by Gasteiger charge is 2.29. The number of benzene rings is 2. The van der Waals surface area contributed by atoms with Gasteiger partial charge in [0.1, 0.15) is 11.8 Å².